The van der Waals surface area contributed by atoms with E-state index < -0.39 is 9.84 Å². The highest BCUT2D eigenvalue weighted by Crippen LogP contribution is 2.17. The zero-order valence-electron chi connectivity index (χ0n) is 12.8. The van der Waals surface area contributed by atoms with Gasteiger partial charge < -0.3 is 5.32 Å². The van der Waals surface area contributed by atoms with E-state index in [1.807, 2.05) is 26.0 Å². The van der Waals surface area contributed by atoms with E-state index >= 15 is 0 Å². The maximum Gasteiger partial charge on any atom is 0.251 e. The molecule has 0 heterocycles. The average molecular weight is 317 g/mol. The summed E-state index contributed by atoms with van der Waals surface area (Å²) in [6.45, 7) is 3.83. The van der Waals surface area contributed by atoms with Gasteiger partial charge in [-0.15, -0.1) is 0 Å². The van der Waals surface area contributed by atoms with Crippen molar-refractivity contribution in [1.29, 1.82) is 0 Å². The molecule has 116 valence electrons. The minimum Gasteiger partial charge on any atom is -0.346 e. The van der Waals surface area contributed by atoms with E-state index in [4.69, 9.17) is 0 Å². The molecule has 1 amide bonds. The highest BCUT2D eigenvalue weighted by atomic mass is 32.2. The summed E-state index contributed by atoms with van der Waals surface area (Å²) in [5.41, 5.74) is 2.55. The van der Waals surface area contributed by atoms with Crippen LogP contribution in [0, 0.1) is 6.92 Å². The molecule has 5 heteroatoms. The van der Waals surface area contributed by atoms with Crippen molar-refractivity contribution in [3.63, 3.8) is 0 Å². The molecule has 0 bridgehead atoms. The molecule has 4 nitrogen and oxygen atoms in total. The Balaban J connectivity index is 2.10. The topological polar surface area (TPSA) is 63.2 Å². The van der Waals surface area contributed by atoms with Crippen LogP contribution in [0.15, 0.2) is 53.4 Å². The molecule has 2 aromatic rings. The Morgan fingerprint density at radius 2 is 1.55 bits per heavy atom. The normalized spacial score (nSPS) is 12.7. The van der Waals surface area contributed by atoms with Crippen LogP contribution in [0.3, 0.4) is 0 Å². The second kappa shape index (κ2) is 6.32. The SMILES string of the molecule is Cc1ccc(C(=O)N[C@H](C)c2ccc(S(C)(=O)=O)cc2)cc1. The molecule has 0 aliphatic rings. The lowest BCUT2D eigenvalue weighted by Crippen LogP contribution is -2.26. The number of amides is 1. The van der Waals surface area contributed by atoms with E-state index in [1.165, 1.54) is 6.26 Å². The van der Waals surface area contributed by atoms with E-state index in [0.717, 1.165) is 11.1 Å². The third kappa shape index (κ3) is 3.95. The second-order valence-corrected chi connectivity index (χ2v) is 7.42. The summed E-state index contributed by atoms with van der Waals surface area (Å²) in [5, 5.41) is 2.90. The van der Waals surface area contributed by atoms with Gasteiger partial charge in [-0.25, -0.2) is 8.42 Å². The Hall–Kier alpha value is -2.14. The van der Waals surface area contributed by atoms with Crippen LogP contribution in [0.25, 0.3) is 0 Å². The van der Waals surface area contributed by atoms with Crippen molar-refractivity contribution in [2.45, 2.75) is 24.8 Å². The van der Waals surface area contributed by atoms with Crippen molar-refractivity contribution >= 4 is 15.7 Å². The number of aryl methyl sites for hydroxylation is 1. The smallest absolute Gasteiger partial charge is 0.251 e. The van der Waals surface area contributed by atoms with Gasteiger partial charge in [0, 0.05) is 11.8 Å². The van der Waals surface area contributed by atoms with E-state index in [0.29, 0.717) is 5.56 Å². The summed E-state index contributed by atoms with van der Waals surface area (Å²) in [4.78, 5) is 12.4. The van der Waals surface area contributed by atoms with Crippen LogP contribution in [0.4, 0.5) is 0 Å². The predicted octanol–water partition coefficient (Wildman–Crippen LogP) is 2.89. The summed E-state index contributed by atoms with van der Waals surface area (Å²) < 4.78 is 22.9. The quantitative estimate of drug-likeness (QED) is 0.943. The Labute approximate surface area is 131 Å². The lowest BCUT2D eigenvalue weighted by atomic mass is 10.1. The number of benzene rings is 2. The lowest BCUT2D eigenvalue weighted by Gasteiger charge is -2.15. The average Bonchev–Trinajstić information content (AvgIpc) is 2.47. The maximum atomic E-state index is 12.2. The fourth-order valence-corrected chi connectivity index (χ4v) is 2.70. The van der Waals surface area contributed by atoms with Crippen molar-refractivity contribution in [3.8, 4) is 0 Å². The minimum absolute atomic E-state index is 0.153. The van der Waals surface area contributed by atoms with E-state index in [9.17, 15) is 13.2 Å². The summed E-state index contributed by atoms with van der Waals surface area (Å²) >= 11 is 0. The molecule has 0 saturated carbocycles. The molecule has 22 heavy (non-hydrogen) atoms. The molecule has 0 aromatic heterocycles. The molecule has 0 saturated heterocycles. The van der Waals surface area contributed by atoms with Crippen LogP contribution in [-0.2, 0) is 9.84 Å². The van der Waals surface area contributed by atoms with Crippen molar-refractivity contribution in [2.24, 2.45) is 0 Å². The molecule has 0 unspecified atom stereocenters. The van der Waals surface area contributed by atoms with Crippen LogP contribution in [-0.4, -0.2) is 20.6 Å². The molecule has 0 radical (unpaired) electrons. The van der Waals surface area contributed by atoms with Gasteiger partial charge in [-0.05, 0) is 43.7 Å². The van der Waals surface area contributed by atoms with Crippen LogP contribution in [0.2, 0.25) is 0 Å². The highest BCUT2D eigenvalue weighted by Gasteiger charge is 2.13. The first-order valence-electron chi connectivity index (χ1n) is 6.95. The number of nitrogens with one attached hydrogen (secondary N) is 1. The zero-order chi connectivity index (χ0) is 16.3. The molecule has 2 rings (SSSR count). The molecular weight excluding hydrogens is 298 g/mol. The molecule has 1 atom stereocenters. The number of hydrogen-bond acceptors (Lipinski definition) is 3. The number of carbonyl (C=O) groups is 1. The Kier molecular flexibility index (Phi) is 4.66. The van der Waals surface area contributed by atoms with Crippen LogP contribution >= 0.6 is 0 Å². The predicted molar refractivity (Wildman–Crippen MR) is 86.6 cm³/mol. The Bertz CT molecular complexity index is 763. The van der Waals surface area contributed by atoms with Gasteiger partial charge in [-0.3, -0.25) is 4.79 Å². The summed E-state index contributed by atoms with van der Waals surface area (Å²) in [6.07, 6.45) is 1.17. The molecule has 0 aliphatic carbocycles. The third-order valence-electron chi connectivity index (χ3n) is 3.47. The lowest BCUT2D eigenvalue weighted by molar-refractivity contribution is 0.0940. The van der Waals surface area contributed by atoms with Crippen molar-refractivity contribution < 1.29 is 13.2 Å². The first kappa shape index (κ1) is 16.2. The van der Waals surface area contributed by atoms with Crippen molar-refractivity contribution in [1.82, 2.24) is 5.32 Å². The number of rotatable bonds is 4. The van der Waals surface area contributed by atoms with Gasteiger partial charge in [0.05, 0.1) is 10.9 Å². The maximum absolute atomic E-state index is 12.2. The molecule has 0 spiro atoms. The summed E-state index contributed by atoms with van der Waals surface area (Å²) in [6, 6.07) is 13.7. The molecule has 1 N–H and O–H groups in total. The third-order valence-corrected chi connectivity index (χ3v) is 4.60. The van der Waals surface area contributed by atoms with Crippen molar-refractivity contribution in [3.05, 3.63) is 65.2 Å². The number of sulfone groups is 1. The van der Waals surface area contributed by atoms with E-state index in [1.54, 1.807) is 36.4 Å². The minimum atomic E-state index is -3.20. The monoisotopic (exact) mass is 317 g/mol. The number of hydrogen-bond donors (Lipinski definition) is 1. The standard InChI is InChI=1S/C17H19NO3S/c1-12-4-6-15(7-5-12)17(19)18-13(2)14-8-10-16(11-9-14)22(3,20)21/h4-11,13H,1-3H3,(H,18,19)/t13-/m1/s1. The first-order valence-corrected chi connectivity index (χ1v) is 8.84. The zero-order valence-corrected chi connectivity index (χ0v) is 13.6. The molecule has 0 fully saturated rings. The first-order chi connectivity index (χ1) is 10.3. The van der Waals surface area contributed by atoms with E-state index in [2.05, 4.69) is 5.32 Å². The molecular formula is C17H19NO3S. The van der Waals surface area contributed by atoms with Gasteiger partial charge in [0.2, 0.25) is 0 Å². The summed E-state index contributed by atoms with van der Waals surface area (Å²) in [5.74, 6) is -0.153. The van der Waals surface area contributed by atoms with Gasteiger partial charge in [-0.1, -0.05) is 29.8 Å². The summed E-state index contributed by atoms with van der Waals surface area (Å²) in [7, 11) is -3.20. The Morgan fingerprint density at radius 3 is 2.05 bits per heavy atom. The van der Waals surface area contributed by atoms with E-state index in [-0.39, 0.29) is 16.8 Å². The van der Waals surface area contributed by atoms with Crippen LogP contribution < -0.4 is 5.32 Å². The molecule has 0 aliphatic heterocycles. The van der Waals surface area contributed by atoms with Gasteiger partial charge in [0.1, 0.15) is 0 Å². The Morgan fingerprint density at radius 1 is 1.00 bits per heavy atom. The van der Waals surface area contributed by atoms with Gasteiger partial charge in [-0.2, -0.15) is 0 Å². The van der Waals surface area contributed by atoms with Gasteiger partial charge >= 0.3 is 0 Å². The fraction of sp³-hybridized carbons (Fsp3) is 0.235. The highest BCUT2D eigenvalue weighted by molar-refractivity contribution is 7.90. The number of carbonyl (C=O) groups excluding carboxylic acids is 1. The molecule has 2 aromatic carbocycles. The van der Waals surface area contributed by atoms with Gasteiger partial charge in [0.25, 0.3) is 5.91 Å². The van der Waals surface area contributed by atoms with Gasteiger partial charge in [0.15, 0.2) is 9.84 Å². The largest absolute Gasteiger partial charge is 0.346 e. The van der Waals surface area contributed by atoms with Crippen LogP contribution in [0.5, 0.6) is 0 Å². The van der Waals surface area contributed by atoms with Crippen molar-refractivity contribution in [2.75, 3.05) is 6.26 Å². The fourth-order valence-electron chi connectivity index (χ4n) is 2.07. The van der Waals surface area contributed by atoms with Crippen LogP contribution in [0.1, 0.15) is 34.5 Å². The second-order valence-electron chi connectivity index (χ2n) is 5.40.